The first-order valence-electron chi connectivity index (χ1n) is 7.05. The van der Waals surface area contributed by atoms with Gasteiger partial charge in [0.2, 0.25) is 0 Å². The Morgan fingerprint density at radius 3 is 2.20 bits per heavy atom. The molecule has 0 aliphatic carbocycles. The summed E-state index contributed by atoms with van der Waals surface area (Å²) in [7, 11) is -2.52. The average Bonchev–Trinajstić information content (AvgIpc) is 2.88. The van der Waals surface area contributed by atoms with Crippen LogP contribution in [0.4, 0.5) is 0 Å². The Morgan fingerprint density at radius 2 is 1.75 bits per heavy atom. The van der Waals surface area contributed by atoms with Crippen molar-refractivity contribution in [2.75, 3.05) is 26.1 Å². The van der Waals surface area contributed by atoms with E-state index in [1.54, 1.807) is 11.8 Å². The minimum absolute atomic E-state index is 0.617. The maximum atomic E-state index is 5.82. The van der Waals surface area contributed by atoms with Gasteiger partial charge in [0.05, 0.1) is 6.20 Å². The lowest BCUT2D eigenvalue weighted by Gasteiger charge is -2.28. The van der Waals surface area contributed by atoms with E-state index in [2.05, 4.69) is 10.3 Å². The van der Waals surface area contributed by atoms with Crippen molar-refractivity contribution in [2.45, 2.75) is 44.8 Å². The molecule has 0 bridgehead atoms. The lowest BCUT2D eigenvalue weighted by atomic mass is 10.5. The molecule has 8 heteroatoms. The largest absolute Gasteiger partial charge is 0.500 e. The fourth-order valence-electron chi connectivity index (χ4n) is 1.94. The molecule has 0 spiro atoms. The molecule has 6 nitrogen and oxygen atoms in total. The second-order valence-electron chi connectivity index (χ2n) is 4.11. The summed E-state index contributed by atoms with van der Waals surface area (Å²) in [6, 6.07) is 0.803. The zero-order valence-electron chi connectivity index (χ0n) is 12.8. The van der Waals surface area contributed by atoms with Crippen LogP contribution in [0.1, 0.15) is 27.2 Å². The molecule has 0 aromatic carbocycles. The maximum Gasteiger partial charge on any atom is 0.500 e. The Kier molecular flexibility index (Phi) is 8.39. The van der Waals surface area contributed by atoms with Crippen molar-refractivity contribution in [3.05, 3.63) is 6.20 Å². The van der Waals surface area contributed by atoms with Crippen LogP contribution in [0, 0.1) is 0 Å². The topological polar surface area (TPSA) is 58.4 Å². The Hall–Kier alpha value is -0.413. The zero-order valence-corrected chi connectivity index (χ0v) is 14.6. The predicted octanol–water partition coefficient (Wildman–Crippen LogP) is 2.44. The van der Waals surface area contributed by atoms with Crippen molar-refractivity contribution in [1.29, 1.82) is 0 Å². The highest BCUT2D eigenvalue weighted by Crippen LogP contribution is 2.19. The summed E-state index contributed by atoms with van der Waals surface area (Å²) in [6.45, 7) is 8.58. The fourth-order valence-corrected chi connectivity index (χ4v) is 4.88. The molecule has 0 amide bonds. The minimum Gasteiger partial charge on any atom is -0.374 e. The molecule has 20 heavy (non-hydrogen) atoms. The number of hydrogen-bond donors (Lipinski definition) is 0. The van der Waals surface area contributed by atoms with E-state index in [0.717, 1.165) is 24.0 Å². The standard InChI is InChI=1S/C12H25N3O3SSi/c1-5-16-20(17-6-2,18-7-3)10-8-9-15-11-12(19-4)13-14-15/h11H,5-10H2,1-4H3. The van der Waals surface area contributed by atoms with E-state index in [1.807, 2.05) is 37.9 Å². The van der Waals surface area contributed by atoms with Crippen LogP contribution in [0.5, 0.6) is 0 Å². The summed E-state index contributed by atoms with van der Waals surface area (Å²) in [6.07, 6.45) is 4.85. The van der Waals surface area contributed by atoms with Crippen LogP contribution in [0.25, 0.3) is 0 Å². The van der Waals surface area contributed by atoms with Crippen molar-refractivity contribution in [2.24, 2.45) is 0 Å². The molecule has 0 N–H and O–H groups in total. The summed E-state index contributed by atoms with van der Waals surface area (Å²) in [4.78, 5) is 0. The summed E-state index contributed by atoms with van der Waals surface area (Å²) >= 11 is 1.59. The van der Waals surface area contributed by atoms with Gasteiger partial charge in [-0.25, -0.2) is 0 Å². The summed E-state index contributed by atoms with van der Waals surface area (Å²) in [5, 5.41) is 9.07. The van der Waals surface area contributed by atoms with Gasteiger partial charge in [-0.2, -0.15) is 0 Å². The zero-order chi connectivity index (χ0) is 14.8. The van der Waals surface area contributed by atoms with Gasteiger partial charge in [-0.1, -0.05) is 5.21 Å². The number of nitrogens with zero attached hydrogens (tertiary/aromatic N) is 3. The number of aryl methyl sites for hydroxylation is 1. The van der Waals surface area contributed by atoms with Gasteiger partial charge >= 0.3 is 8.80 Å². The summed E-state index contributed by atoms with van der Waals surface area (Å²) < 4.78 is 19.3. The SMILES string of the molecule is CCO[Si](CCCn1cc(SC)nn1)(OCC)OCC. The minimum atomic E-state index is -2.52. The fraction of sp³-hybridized carbons (Fsp3) is 0.833. The lowest BCUT2D eigenvalue weighted by Crippen LogP contribution is -2.46. The van der Waals surface area contributed by atoms with E-state index >= 15 is 0 Å². The Balaban J connectivity index is 2.51. The van der Waals surface area contributed by atoms with E-state index in [-0.39, 0.29) is 0 Å². The highest BCUT2D eigenvalue weighted by atomic mass is 32.2. The van der Waals surface area contributed by atoms with Crippen molar-refractivity contribution in [1.82, 2.24) is 15.0 Å². The first-order valence-corrected chi connectivity index (χ1v) is 10.2. The first-order chi connectivity index (χ1) is 9.69. The second-order valence-corrected chi connectivity index (χ2v) is 7.67. The van der Waals surface area contributed by atoms with Gasteiger partial charge in [-0.15, -0.1) is 16.9 Å². The lowest BCUT2D eigenvalue weighted by molar-refractivity contribution is 0.0704. The van der Waals surface area contributed by atoms with Crippen LogP contribution >= 0.6 is 11.8 Å². The van der Waals surface area contributed by atoms with E-state index in [0.29, 0.717) is 19.8 Å². The van der Waals surface area contributed by atoms with Gasteiger partial charge in [0, 0.05) is 32.4 Å². The molecule has 0 radical (unpaired) electrons. The van der Waals surface area contributed by atoms with E-state index < -0.39 is 8.80 Å². The molecule has 116 valence electrons. The van der Waals surface area contributed by atoms with Gasteiger partial charge in [-0.05, 0) is 33.4 Å². The van der Waals surface area contributed by atoms with E-state index in [9.17, 15) is 0 Å². The number of rotatable bonds is 11. The highest BCUT2D eigenvalue weighted by Gasteiger charge is 2.39. The molecule has 1 heterocycles. The Labute approximate surface area is 126 Å². The third-order valence-electron chi connectivity index (χ3n) is 2.69. The molecule has 1 aromatic rings. The molecule has 0 saturated carbocycles. The molecule has 0 aliphatic heterocycles. The van der Waals surface area contributed by atoms with E-state index in [1.165, 1.54) is 0 Å². The summed E-state index contributed by atoms with van der Waals surface area (Å²) in [5.74, 6) is 0. The third-order valence-corrected chi connectivity index (χ3v) is 6.45. The second kappa shape index (κ2) is 9.51. The molecule has 0 unspecified atom stereocenters. The maximum absolute atomic E-state index is 5.82. The molecule has 0 aliphatic rings. The van der Waals surface area contributed by atoms with Crippen LogP contribution in [0.15, 0.2) is 11.2 Å². The molecule has 0 fully saturated rings. The molecule has 0 saturated heterocycles. The third kappa shape index (κ3) is 5.53. The molecule has 1 aromatic heterocycles. The van der Waals surface area contributed by atoms with E-state index in [4.69, 9.17) is 13.3 Å². The highest BCUT2D eigenvalue weighted by molar-refractivity contribution is 7.98. The molecular weight excluding hydrogens is 294 g/mol. The Bertz CT molecular complexity index is 362. The van der Waals surface area contributed by atoms with Crippen molar-refractivity contribution < 1.29 is 13.3 Å². The Morgan fingerprint density at radius 1 is 1.15 bits per heavy atom. The quantitative estimate of drug-likeness (QED) is 0.461. The van der Waals surface area contributed by atoms with Crippen LogP contribution in [-0.4, -0.2) is 49.9 Å². The van der Waals surface area contributed by atoms with Gasteiger partial charge < -0.3 is 13.3 Å². The average molecular weight is 320 g/mol. The van der Waals surface area contributed by atoms with Crippen molar-refractivity contribution >= 4 is 20.6 Å². The van der Waals surface area contributed by atoms with Gasteiger partial charge in [-0.3, -0.25) is 4.68 Å². The van der Waals surface area contributed by atoms with Crippen LogP contribution in [0.3, 0.4) is 0 Å². The van der Waals surface area contributed by atoms with Gasteiger partial charge in [0.1, 0.15) is 5.03 Å². The molecule has 0 atom stereocenters. The normalized spacial score (nSPS) is 12.0. The first kappa shape index (κ1) is 17.6. The molecule has 1 rings (SSSR count). The number of aromatic nitrogens is 3. The van der Waals surface area contributed by atoms with Gasteiger partial charge in [0.25, 0.3) is 0 Å². The monoisotopic (exact) mass is 319 g/mol. The van der Waals surface area contributed by atoms with Crippen molar-refractivity contribution in [3.8, 4) is 0 Å². The van der Waals surface area contributed by atoms with Crippen LogP contribution in [0.2, 0.25) is 6.04 Å². The predicted molar refractivity (Wildman–Crippen MR) is 81.9 cm³/mol. The smallest absolute Gasteiger partial charge is 0.374 e. The number of thioether (sulfide) groups is 1. The van der Waals surface area contributed by atoms with Gasteiger partial charge in [0.15, 0.2) is 0 Å². The number of hydrogen-bond acceptors (Lipinski definition) is 6. The van der Waals surface area contributed by atoms with Crippen molar-refractivity contribution in [3.63, 3.8) is 0 Å². The van der Waals surface area contributed by atoms with Crippen LogP contribution in [-0.2, 0) is 19.8 Å². The molecular formula is C12H25N3O3SSi. The summed E-state index contributed by atoms with van der Waals surface area (Å²) in [5.41, 5.74) is 0. The van der Waals surface area contributed by atoms with Crippen LogP contribution < -0.4 is 0 Å².